The summed E-state index contributed by atoms with van der Waals surface area (Å²) in [6, 6.07) is 7.27. The van der Waals surface area contributed by atoms with E-state index in [1.807, 2.05) is 50.2 Å². The van der Waals surface area contributed by atoms with Crippen molar-refractivity contribution in [2.24, 2.45) is 0 Å². The number of likely N-dealkylation sites (N-methyl/N-ethyl adjacent to an activating group) is 2. The Morgan fingerprint density at radius 2 is 2.05 bits per heavy atom. The van der Waals surface area contributed by atoms with Crippen molar-refractivity contribution in [1.82, 2.24) is 25.1 Å². The summed E-state index contributed by atoms with van der Waals surface area (Å²) in [4.78, 5) is 26.0. The van der Waals surface area contributed by atoms with Crippen LogP contribution in [0.5, 0.6) is 23.0 Å². The van der Waals surface area contributed by atoms with Crippen molar-refractivity contribution in [3.05, 3.63) is 36.2 Å². The summed E-state index contributed by atoms with van der Waals surface area (Å²) in [5.41, 5.74) is 2.35. The molecule has 1 aromatic heterocycles. The van der Waals surface area contributed by atoms with Crippen molar-refractivity contribution in [2.45, 2.75) is 32.4 Å². The average Bonchev–Trinajstić information content (AvgIpc) is 3.45. The molecule has 1 atom stereocenters. The molecule has 0 saturated carbocycles. The molecule has 0 unspecified atom stereocenters. The van der Waals surface area contributed by atoms with Gasteiger partial charge in [0.15, 0.2) is 23.0 Å². The first kappa shape index (κ1) is 28.7. The summed E-state index contributed by atoms with van der Waals surface area (Å²) >= 11 is 0. The quantitative estimate of drug-likeness (QED) is 0.365. The summed E-state index contributed by atoms with van der Waals surface area (Å²) in [6.07, 6.45) is 2.93. The molecule has 3 heterocycles. The van der Waals surface area contributed by atoms with E-state index in [2.05, 4.69) is 25.5 Å². The summed E-state index contributed by atoms with van der Waals surface area (Å²) < 4.78 is 23.8. The fraction of sp³-hybridized carbons (Fsp3) is 0.483. The molecule has 3 aromatic rings. The fourth-order valence-corrected chi connectivity index (χ4v) is 4.81. The van der Waals surface area contributed by atoms with E-state index in [1.54, 1.807) is 0 Å². The van der Waals surface area contributed by atoms with Crippen LogP contribution in [0.3, 0.4) is 0 Å². The van der Waals surface area contributed by atoms with Crippen LogP contribution in [-0.4, -0.2) is 97.2 Å². The molecule has 0 fully saturated rings. The minimum absolute atomic E-state index is 0.0514. The lowest BCUT2D eigenvalue weighted by molar-refractivity contribution is -0.125. The predicted molar refractivity (Wildman–Crippen MR) is 154 cm³/mol. The number of nitrogens with one attached hydrogen (secondary N) is 2. The number of rotatable bonds is 7. The monoisotopic (exact) mass is 566 g/mol. The molecule has 2 aliphatic heterocycles. The average molecular weight is 567 g/mol. The number of carbonyl (C=O) groups is 1. The van der Waals surface area contributed by atoms with Crippen molar-refractivity contribution in [3.63, 3.8) is 0 Å². The van der Waals surface area contributed by atoms with Gasteiger partial charge in [-0.3, -0.25) is 9.69 Å². The maximum atomic E-state index is 12.9. The standard InChI is InChI=1S/C29H38N6O6/c1-19-29(37)30-8-4-12-38-24-14-21-22(15-25(24)39-13-5-9-34(2)10-11-36)31-17-32-28(21)33-26-20(16-35(19)3)6-7-23-27(26)41-18-40-23/h6-7,14-15,17,19,36H,4-5,8-13,16,18H2,1-3H3,(H,30,37)(H,31,32,33)/t19-/m0/s1. The second kappa shape index (κ2) is 13.2. The van der Waals surface area contributed by atoms with Crippen LogP contribution in [0.4, 0.5) is 11.5 Å². The van der Waals surface area contributed by atoms with Gasteiger partial charge in [-0.05, 0) is 51.6 Å². The maximum absolute atomic E-state index is 12.9. The van der Waals surface area contributed by atoms with Gasteiger partial charge in [0.2, 0.25) is 12.7 Å². The van der Waals surface area contributed by atoms with Crippen molar-refractivity contribution in [1.29, 1.82) is 0 Å². The highest BCUT2D eigenvalue weighted by molar-refractivity contribution is 5.94. The number of fused-ring (bicyclic) bond motifs is 4. The third-order valence-corrected chi connectivity index (χ3v) is 7.33. The maximum Gasteiger partial charge on any atom is 0.237 e. The Hall–Kier alpha value is -3.87. The van der Waals surface area contributed by atoms with Crippen molar-refractivity contribution < 1.29 is 28.8 Å². The second-order valence-electron chi connectivity index (χ2n) is 10.3. The van der Waals surface area contributed by atoms with E-state index in [9.17, 15) is 4.79 Å². The molecule has 0 saturated heterocycles. The largest absolute Gasteiger partial charge is 0.490 e. The Morgan fingerprint density at radius 3 is 2.90 bits per heavy atom. The molecule has 2 bridgehead atoms. The van der Waals surface area contributed by atoms with Crippen LogP contribution >= 0.6 is 0 Å². The first-order chi connectivity index (χ1) is 19.9. The van der Waals surface area contributed by atoms with Crippen LogP contribution in [0.2, 0.25) is 0 Å². The number of hydrogen-bond donors (Lipinski definition) is 3. The topological polar surface area (TPSA) is 131 Å². The normalized spacial score (nSPS) is 17.7. The molecule has 12 nitrogen and oxygen atoms in total. The third-order valence-electron chi connectivity index (χ3n) is 7.33. The molecule has 2 aromatic carbocycles. The van der Waals surface area contributed by atoms with Crippen molar-refractivity contribution >= 4 is 28.3 Å². The number of benzene rings is 2. The zero-order valence-electron chi connectivity index (χ0n) is 23.8. The minimum atomic E-state index is -0.350. The van der Waals surface area contributed by atoms with Crippen LogP contribution in [0, 0.1) is 0 Å². The predicted octanol–water partition coefficient (Wildman–Crippen LogP) is 2.51. The Bertz CT molecular complexity index is 1370. The van der Waals surface area contributed by atoms with E-state index in [4.69, 9.17) is 24.1 Å². The van der Waals surface area contributed by atoms with E-state index >= 15 is 0 Å². The van der Waals surface area contributed by atoms with E-state index in [0.717, 1.165) is 29.6 Å². The van der Waals surface area contributed by atoms with E-state index in [0.29, 0.717) is 73.6 Å². The van der Waals surface area contributed by atoms with Gasteiger partial charge in [-0.15, -0.1) is 0 Å². The fourth-order valence-electron chi connectivity index (χ4n) is 4.81. The van der Waals surface area contributed by atoms with Crippen LogP contribution in [0.1, 0.15) is 25.3 Å². The van der Waals surface area contributed by atoms with Crippen molar-refractivity contribution in [3.8, 4) is 23.0 Å². The highest BCUT2D eigenvalue weighted by Gasteiger charge is 2.25. The number of nitrogens with zero attached hydrogens (tertiary/aromatic N) is 4. The third kappa shape index (κ3) is 6.72. The Kier molecular flexibility index (Phi) is 9.22. The van der Waals surface area contributed by atoms with Gasteiger partial charge in [0, 0.05) is 37.6 Å². The van der Waals surface area contributed by atoms with E-state index in [-0.39, 0.29) is 25.3 Å². The lowest BCUT2D eigenvalue weighted by atomic mass is 10.1. The number of aromatic nitrogens is 2. The van der Waals surface area contributed by atoms with Gasteiger partial charge < -0.3 is 39.6 Å². The van der Waals surface area contributed by atoms with Gasteiger partial charge in [-0.1, -0.05) is 6.07 Å². The second-order valence-corrected chi connectivity index (χ2v) is 10.3. The van der Waals surface area contributed by atoms with Gasteiger partial charge in [-0.25, -0.2) is 9.97 Å². The highest BCUT2D eigenvalue weighted by Crippen LogP contribution is 2.44. The van der Waals surface area contributed by atoms with E-state index in [1.165, 1.54) is 6.33 Å². The summed E-state index contributed by atoms with van der Waals surface area (Å²) in [5.74, 6) is 2.94. The van der Waals surface area contributed by atoms with E-state index < -0.39 is 0 Å². The molecule has 0 radical (unpaired) electrons. The van der Waals surface area contributed by atoms with Gasteiger partial charge in [0.1, 0.15) is 12.1 Å². The molecule has 3 N–H and O–H groups in total. The molecule has 220 valence electrons. The highest BCUT2D eigenvalue weighted by atomic mass is 16.7. The molecule has 1 amide bonds. The number of anilines is 2. The molecule has 41 heavy (non-hydrogen) atoms. The first-order valence-corrected chi connectivity index (χ1v) is 13.9. The number of aliphatic hydroxyl groups is 1. The number of carbonyl (C=O) groups excluding carboxylic acids is 1. The molecular weight excluding hydrogens is 528 g/mol. The Labute approximate surface area is 239 Å². The molecule has 5 rings (SSSR count). The number of ether oxygens (including phenoxy) is 4. The van der Waals surface area contributed by atoms with Crippen LogP contribution in [-0.2, 0) is 11.3 Å². The summed E-state index contributed by atoms with van der Waals surface area (Å²) in [5, 5.41) is 16.4. The van der Waals surface area contributed by atoms with Gasteiger partial charge in [0.05, 0.1) is 37.1 Å². The Morgan fingerprint density at radius 1 is 1.17 bits per heavy atom. The molecular formula is C29H38N6O6. The molecule has 12 heteroatoms. The zero-order valence-corrected chi connectivity index (χ0v) is 23.8. The lowest BCUT2D eigenvalue weighted by Crippen LogP contribution is -2.43. The number of hydrogen-bond acceptors (Lipinski definition) is 11. The lowest BCUT2D eigenvalue weighted by Gasteiger charge is -2.26. The summed E-state index contributed by atoms with van der Waals surface area (Å²) in [6.45, 7) is 5.41. The zero-order chi connectivity index (χ0) is 28.8. The van der Waals surface area contributed by atoms with Crippen LogP contribution in [0.15, 0.2) is 30.6 Å². The van der Waals surface area contributed by atoms with Crippen LogP contribution < -0.4 is 29.6 Å². The minimum Gasteiger partial charge on any atom is -0.490 e. The molecule has 0 spiro atoms. The number of amides is 1. The molecule has 0 aliphatic carbocycles. The van der Waals surface area contributed by atoms with Gasteiger partial charge >= 0.3 is 0 Å². The van der Waals surface area contributed by atoms with Gasteiger partial charge in [0.25, 0.3) is 0 Å². The Balaban J connectivity index is 1.50. The smallest absolute Gasteiger partial charge is 0.237 e. The number of aliphatic hydroxyl groups excluding tert-OH is 1. The van der Waals surface area contributed by atoms with Crippen LogP contribution in [0.25, 0.3) is 10.9 Å². The SMILES string of the molecule is C[C@H]1C(=O)NCCCOc2cc3c(ncnc3cc2OCCCN(C)CCO)Nc2c(ccc3c2OCO3)CN1C. The first-order valence-electron chi connectivity index (χ1n) is 13.9. The van der Waals surface area contributed by atoms with Crippen molar-refractivity contribution in [2.75, 3.05) is 65.7 Å². The summed E-state index contributed by atoms with van der Waals surface area (Å²) in [7, 11) is 3.89. The van der Waals surface area contributed by atoms with Gasteiger partial charge in [-0.2, -0.15) is 0 Å². The molecule has 2 aliphatic rings.